The van der Waals surface area contributed by atoms with Crippen molar-refractivity contribution in [3.8, 4) is 0 Å². The van der Waals surface area contributed by atoms with Gasteiger partial charge in [0.1, 0.15) is 0 Å². The molecule has 0 aromatic carbocycles. The average Bonchev–Trinajstić information content (AvgIpc) is 2.23. The molecular weight excluding hydrogens is 190 g/mol. The summed E-state index contributed by atoms with van der Waals surface area (Å²) in [5.41, 5.74) is 0. The number of hydrogen-bond acceptors (Lipinski definition) is 2. The van der Waals surface area contributed by atoms with Crippen LogP contribution in [-0.4, -0.2) is 23.7 Å². The number of nitrogens with one attached hydrogen (secondary N) is 1. The summed E-state index contributed by atoms with van der Waals surface area (Å²) >= 11 is 0. The Morgan fingerprint density at radius 3 is 2.40 bits per heavy atom. The number of rotatable bonds is 9. The molecule has 0 fully saturated rings. The van der Waals surface area contributed by atoms with Gasteiger partial charge in [0, 0.05) is 12.5 Å². The van der Waals surface area contributed by atoms with E-state index in [1.54, 1.807) is 6.92 Å². The van der Waals surface area contributed by atoms with Crippen LogP contribution in [0.2, 0.25) is 0 Å². The van der Waals surface area contributed by atoms with Gasteiger partial charge in [-0.3, -0.25) is 4.79 Å². The predicted molar refractivity (Wildman–Crippen MR) is 62.7 cm³/mol. The molecule has 0 aromatic rings. The first-order valence-electron chi connectivity index (χ1n) is 6.11. The van der Waals surface area contributed by atoms with Gasteiger partial charge in [0.2, 0.25) is 5.91 Å². The standard InChI is InChI=1S/C12H25NO2/c1-3-4-5-6-7-8-9-12(15)13-11(2)10-14/h11,14H,3-10H2,1-2H3,(H,13,15)/t11-/m0/s1. The summed E-state index contributed by atoms with van der Waals surface area (Å²) < 4.78 is 0. The van der Waals surface area contributed by atoms with Crippen molar-refractivity contribution in [1.82, 2.24) is 5.32 Å². The molecule has 0 unspecified atom stereocenters. The molecule has 3 nitrogen and oxygen atoms in total. The number of carbonyl (C=O) groups is 1. The van der Waals surface area contributed by atoms with Crippen molar-refractivity contribution in [3.63, 3.8) is 0 Å². The number of hydrogen-bond donors (Lipinski definition) is 2. The highest BCUT2D eigenvalue weighted by molar-refractivity contribution is 5.76. The largest absolute Gasteiger partial charge is 0.394 e. The van der Waals surface area contributed by atoms with Gasteiger partial charge in [0.05, 0.1) is 6.61 Å². The Kier molecular flexibility index (Phi) is 9.59. The van der Waals surface area contributed by atoms with Crippen molar-refractivity contribution in [2.45, 2.75) is 64.8 Å². The number of amides is 1. The summed E-state index contributed by atoms with van der Waals surface area (Å²) in [5, 5.41) is 11.5. The second kappa shape index (κ2) is 9.97. The van der Waals surface area contributed by atoms with Crippen molar-refractivity contribution >= 4 is 5.91 Å². The van der Waals surface area contributed by atoms with Gasteiger partial charge in [-0.05, 0) is 13.3 Å². The van der Waals surface area contributed by atoms with Crippen LogP contribution in [-0.2, 0) is 4.79 Å². The molecule has 0 heterocycles. The zero-order chi connectivity index (χ0) is 11.5. The van der Waals surface area contributed by atoms with Crippen molar-refractivity contribution in [3.05, 3.63) is 0 Å². The Balaban J connectivity index is 3.24. The molecule has 0 rings (SSSR count). The number of aliphatic hydroxyl groups excluding tert-OH is 1. The lowest BCUT2D eigenvalue weighted by molar-refractivity contribution is -0.122. The first-order chi connectivity index (χ1) is 7.20. The Morgan fingerprint density at radius 2 is 1.80 bits per heavy atom. The van der Waals surface area contributed by atoms with Gasteiger partial charge < -0.3 is 10.4 Å². The van der Waals surface area contributed by atoms with Crippen LogP contribution in [0.1, 0.15) is 58.8 Å². The lowest BCUT2D eigenvalue weighted by Crippen LogP contribution is -2.34. The summed E-state index contributed by atoms with van der Waals surface area (Å²) in [4.78, 5) is 11.3. The van der Waals surface area contributed by atoms with Crippen LogP contribution in [0.5, 0.6) is 0 Å². The van der Waals surface area contributed by atoms with Crippen molar-refractivity contribution in [2.75, 3.05) is 6.61 Å². The van der Waals surface area contributed by atoms with Gasteiger partial charge in [-0.1, -0.05) is 39.0 Å². The van der Waals surface area contributed by atoms with Crippen LogP contribution < -0.4 is 5.32 Å². The van der Waals surface area contributed by atoms with Gasteiger partial charge in [-0.2, -0.15) is 0 Å². The van der Waals surface area contributed by atoms with E-state index in [1.165, 1.54) is 25.7 Å². The first-order valence-corrected chi connectivity index (χ1v) is 6.11. The third kappa shape index (κ3) is 9.73. The van der Waals surface area contributed by atoms with E-state index < -0.39 is 0 Å². The molecule has 0 aliphatic heterocycles. The van der Waals surface area contributed by atoms with Crippen LogP contribution in [0.3, 0.4) is 0 Å². The molecule has 3 heteroatoms. The second-order valence-electron chi connectivity index (χ2n) is 4.17. The van der Waals surface area contributed by atoms with E-state index in [-0.39, 0.29) is 18.6 Å². The summed E-state index contributed by atoms with van der Waals surface area (Å²) in [6.07, 6.45) is 7.77. The molecule has 90 valence electrons. The van der Waals surface area contributed by atoms with Crippen LogP contribution >= 0.6 is 0 Å². The fourth-order valence-electron chi connectivity index (χ4n) is 1.46. The highest BCUT2D eigenvalue weighted by atomic mass is 16.3. The van der Waals surface area contributed by atoms with E-state index >= 15 is 0 Å². The van der Waals surface area contributed by atoms with E-state index in [9.17, 15) is 4.79 Å². The molecule has 15 heavy (non-hydrogen) atoms. The monoisotopic (exact) mass is 215 g/mol. The SMILES string of the molecule is CCCCCCCCC(=O)N[C@@H](C)CO. The number of carbonyl (C=O) groups excluding carboxylic acids is 1. The third-order valence-corrected chi connectivity index (χ3v) is 2.44. The van der Waals surface area contributed by atoms with Gasteiger partial charge in [-0.15, -0.1) is 0 Å². The number of unbranched alkanes of at least 4 members (excludes halogenated alkanes) is 5. The predicted octanol–water partition coefficient (Wildman–Crippen LogP) is 2.23. The highest BCUT2D eigenvalue weighted by Gasteiger charge is 2.04. The zero-order valence-corrected chi connectivity index (χ0v) is 10.1. The molecule has 0 spiro atoms. The Hall–Kier alpha value is -0.570. The maximum atomic E-state index is 11.3. The summed E-state index contributed by atoms with van der Waals surface area (Å²) in [5.74, 6) is 0.0621. The Bertz CT molecular complexity index is 160. The Morgan fingerprint density at radius 1 is 1.20 bits per heavy atom. The molecule has 0 bridgehead atoms. The quantitative estimate of drug-likeness (QED) is 0.579. The van der Waals surface area contributed by atoms with Crippen LogP contribution in [0.25, 0.3) is 0 Å². The molecule has 0 saturated heterocycles. The topological polar surface area (TPSA) is 49.3 Å². The Labute approximate surface area is 93.3 Å². The van der Waals surface area contributed by atoms with E-state index in [0.29, 0.717) is 6.42 Å². The van der Waals surface area contributed by atoms with Crippen molar-refractivity contribution < 1.29 is 9.90 Å². The van der Waals surface area contributed by atoms with Gasteiger partial charge in [-0.25, -0.2) is 0 Å². The minimum atomic E-state index is -0.113. The molecule has 1 atom stereocenters. The molecule has 0 aromatic heterocycles. The maximum Gasteiger partial charge on any atom is 0.220 e. The zero-order valence-electron chi connectivity index (χ0n) is 10.1. The summed E-state index contributed by atoms with van der Waals surface area (Å²) in [6.45, 7) is 4.02. The lowest BCUT2D eigenvalue weighted by Gasteiger charge is -2.10. The average molecular weight is 215 g/mol. The maximum absolute atomic E-state index is 11.3. The molecule has 0 aliphatic carbocycles. The number of aliphatic hydroxyl groups is 1. The smallest absolute Gasteiger partial charge is 0.220 e. The minimum absolute atomic E-state index is 0.0161. The van der Waals surface area contributed by atoms with Crippen LogP contribution in [0.4, 0.5) is 0 Å². The summed E-state index contributed by atoms with van der Waals surface area (Å²) in [7, 11) is 0. The van der Waals surface area contributed by atoms with E-state index in [4.69, 9.17) is 5.11 Å². The minimum Gasteiger partial charge on any atom is -0.394 e. The molecule has 2 N–H and O–H groups in total. The summed E-state index contributed by atoms with van der Waals surface area (Å²) in [6, 6.07) is -0.113. The normalized spacial score (nSPS) is 12.5. The lowest BCUT2D eigenvalue weighted by atomic mass is 10.1. The molecule has 0 saturated carbocycles. The molecule has 0 aliphatic rings. The first kappa shape index (κ1) is 14.4. The fraction of sp³-hybridized carbons (Fsp3) is 0.917. The van der Waals surface area contributed by atoms with E-state index in [0.717, 1.165) is 12.8 Å². The van der Waals surface area contributed by atoms with Gasteiger partial charge in [0.25, 0.3) is 0 Å². The third-order valence-electron chi connectivity index (χ3n) is 2.44. The molecule has 1 amide bonds. The second-order valence-corrected chi connectivity index (χ2v) is 4.17. The van der Waals surface area contributed by atoms with E-state index in [2.05, 4.69) is 12.2 Å². The van der Waals surface area contributed by atoms with Crippen LogP contribution in [0.15, 0.2) is 0 Å². The van der Waals surface area contributed by atoms with Crippen LogP contribution in [0, 0.1) is 0 Å². The van der Waals surface area contributed by atoms with E-state index in [1.807, 2.05) is 0 Å². The van der Waals surface area contributed by atoms with Crippen molar-refractivity contribution in [2.24, 2.45) is 0 Å². The molecule has 0 radical (unpaired) electrons. The fourth-order valence-corrected chi connectivity index (χ4v) is 1.46. The van der Waals surface area contributed by atoms with Gasteiger partial charge in [0.15, 0.2) is 0 Å². The highest BCUT2D eigenvalue weighted by Crippen LogP contribution is 2.06. The molecular formula is C12H25NO2. The van der Waals surface area contributed by atoms with Crippen molar-refractivity contribution in [1.29, 1.82) is 0 Å². The van der Waals surface area contributed by atoms with Gasteiger partial charge >= 0.3 is 0 Å².